The number of nitrogens with one attached hydrogen (secondary N) is 1. The quantitative estimate of drug-likeness (QED) is 0.394. The summed E-state index contributed by atoms with van der Waals surface area (Å²) in [6.45, 7) is 9.39. The minimum absolute atomic E-state index is 0.212. The van der Waals surface area contributed by atoms with Crippen molar-refractivity contribution in [3.63, 3.8) is 0 Å². The van der Waals surface area contributed by atoms with E-state index in [2.05, 4.69) is 86.9 Å². The third-order valence-corrected chi connectivity index (χ3v) is 6.85. The fourth-order valence-corrected chi connectivity index (χ4v) is 4.73. The Balaban J connectivity index is 1.38. The van der Waals surface area contributed by atoms with Crippen LogP contribution in [0.15, 0.2) is 54.9 Å². The molecular formula is C28H35N7O. The lowest BCUT2D eigenvalue weighted by atomic mass is 10.1. The number of ether oxygens (including phenoxy) is 1. The number of imidazole rings is 1. The molecule has 8 heteroatoms. The van der Waals surface area contributed by atoms with Crippen molar-refractivity contribution in [2.24, 2.45) is 0 Å². The summed E-state index contributed by atoms with van der Waals surface area (Å²) in [5.41, 5.74) is 5.25. The van der Waals surface area contributed by atoms with Gasteiger partial charge in [0.15, 0.2) is 17.0 Å². The van der Waals surface area contributed by atoms with Crippen molar-refractivity contribution in [1.29, 1.82) is 0 Å². The van der Waals surface area contributed by atoms with E-state index in [1.165, 1.54) is 11.3 Å². The lowest BCUT2D eigenvalue weighted by Crippen LogP contribution is -2.44. The zero-order chi connectivity index (χ0) is 25.1. The zero-order valence-corrected chi connectivity index (χ0v) is 21.6. The van der Waals surface area contributed by atoms with Crippen LogP contribution in [0.4, 0.5) is 11.5 Å². The van der Waals surface area contributed by atoms with Gasteiger partial charge in [0.25, 0.3) is 0 Å². The Hall–Kier alpha value is -3.65. The first kappa shape index (κ1) is 24.1. The highest BCUT2D eigenvalue weighted by Gasteiger charge is 2.20. The van der Waals surface area contributed by atoms with Crippen molar-refractivity contribution in [1.82, 2.24) is 24.4 Å². The third kappa shape index (κ3) is 4.99. The van der Waals surface area contributed by atoms with Crippen LogP contribution in [0.5, 0.6) is 5.75 Å². The largest absolute Gasteiger partial charge is 0.497 e. The number of aromatic nitrogens is 4. The van der Waals surface area contributed by atoms with Crippen molar-refractivity contribution in [2.45, 2.75) is 26.3 Å². The maximum absolute atomic E-state index is 5.25. The van der Waals surface area contributed by atoms with Gasteiger partial charge in [-0.15, -0.1) is 0 Å². The van der Waals surface area contributed by atoms with Crippen LogP contribution >= 0.6 is 0 Å². The molecule has 1 aliphatic heterocycles. The second-order valence-electron chi connectivity index (χ2n) is 9.66. The summed E-state index contributed by atoms with van der Waals surface area (Å²) in [6.07, 6.45) is 2.50. The van der Waals surface area contributed by atoms with E-state index in [1.54, 1.807) is 13.4 Å². The monoisotopic (exact) mass is 485 g/mol. The standard InChI is InChI=1S/C28H35N7O/c1-20(2)35-27(22-7-9-23(10-8-22)34-17-15-33(3)16-18-34)32-25-26(30-19-31-28(25)35)29-14-13-21-5-11-24(36-4)12-6-21/h5-12,19-20H,13-18H2,1-4H3,(H,29,30,31). The van der Waals surface area contributed by atoms with E-state index in [4.69, 9.17) is 9.72 Å². The zero-order valence-electron chi connectivity index (χ0n) is 21.6. The van der Waals surface area contributed by atoms with Gasteiger partial charge in [0.2, 0.25) is 0 Å². The first-order valence-electron chi connectivity index (χ1n) is 12.7. The molecular weight excluding hydrogens is 450 g/mol. The number of nitrogens with zero attached hydrogens (tertiary/aromatic N) is 6. The summed E-state index contributed by atoms with van der Waals surface area (Å²) in [5.74, 6) is 2.55. The highest BCUT2D eigenvalue weighted by Crippen LogP contribution is 2.31. The van der Waals surface area contributed by atoms with E-state index >= 15 is 0 Å². The number of rotatable bonds is 8. The Bertz CT molecular complexity index is 1290. The van der Waals surface area contributed by atoms with Gasteiger partial charge >= 0.3 is 0 Å². The van der Waals surface area contributed by atoms with Gasteiger partial charge in [-0.2, -0.15) is 0 Å². The van der Waals surface area contributed by atoms with Crippen molar-refractivity contribution < 1.29 is 4.74 Å². The van der Waals surface area contributed by atoms with Crippen LogP contribution in [0.2, 0.25) is 0 Å². The van der Waals surface area contributed by atoms with E-state index < -0.39 is 0 Å². The van der Waals surface area contributed by atoms with Crippen LogP contribution in [-0.4, -0.2) is 71.3 Å². The summed E-state index contributed by atoms with van der Waals surface area (Å²) in [4.78, 5) is 19.0. The van der Waals surface area contributed by atoms with Crippen LogP contribution < -0.4 is 15.0 Å². The van der Waals surface area contributed by atoms with E-state index in [0.717, 1.165) is 73.3 Å². The summed E-state index contributed by atoms with van der Waals surface area (Å²) < 4.78 is 7.46. The van der Waals surface area contributed by atoms with Crippen molar-refractivity contribution >= 4 is 22.7 Å². The van der Waals surface area contributed by atoms with E-state index in [1.807, 2.05) is 12.1 Å². The molecule has 1 aliphatic rings. The van der Waals surface area contributed by atoms with Gasteiger partial charge < -0.3 is 24.4 Å². The molecule has 0 spiro atoms. The molecule has 5 rings (SSSR count). The molecule has 8 nitrogen and oxygen atoms in total. The molecule has 3 heterocycles. The first-order chi connectivity index (χ1) is 17.5. The van der Waals surface area contributed by atoms with E-state index in [-0.39, 0.29) is 6.04 Å². The van der Waals surface area contributed by atoms with Gasteiger partial charge in [-0.3, -0.25) is 0 Å². The molecule has 0 saturated carbocycles. The molecule has 188 valence electrons. The summed E-state index contributed by atoms with van der Waals surface area (Å²) in [6, 6.07) is 17.2. The highest BCUT2D eigenvalue weighted by molar-refractivity contribution is 5.86. The van der Waals surface area contributed by atoms with Gasteiger partial charge in [-0.25, -0.2) is 15.0 Å². The summed E-state index contributed by atoms with van der Waals surface area (Å²) >= 11 is 0. The summed E-state index contributed by atoms with van der Waals surface area (Å²) in [5, 5.41) is 3.48. The number of likely N-dealkylation sites (N-methyl/N-ethyl adjacent to an activating group) is 1. The third-order valence-electron chi connectivity index (χ3n) is 6.85. The maximum Gasteiger partial charge on any atom is 0.166 e. The minimum atomic E-state index is 0.212. The predicted octanol–water partition coefficient (Wildman–Crippen LogP) is 4.49. The van der Waals surface area contributed by atoms with Gasteiger partial charge in [0.1, 0.15) is 17.9 Å². The first-order valence-corrected chi connectivity index (χ1v) is 12.7. The molecule has 0 bridgehead atoms. The molecule has 1 saturated heterocycles. The molecule has 1 fully saturated rings. The topological polar surface area (TPSA) is 71.3 Å². The van der Waals surface area contributed by atoms with Crippen LogP contribution in [0.25, 0.3) is 22.6 Å². The average Bonchev–Trinajstić information content (AvgIpc) is 3.31. The predicted molar refractivity (Wildman–Crippen MR) is 146 cm³/mol. The van der Waals surface area contributed by atoms with Crippen LogP contribution in [0, 0.1) is 0 Å². The average molecular weight is 486 g/mol. The van der Waals surface area contributed by atoms with Crippen molar-refractivity contribution in [2.75, 3.05) is 57.1 Å². The molecule has 0 aliphatic carbocycles. The number of anilines is 2. The molecule has 0 atom stereocenters. The van der Waals surface area contributed by atoms with Crippen molar-refractivity contribution in [3.05, 3.63) is 60.4 Å². The molecule has 2 aromatic carbocycles. The molecule has 36 heavy (non-hydrogen) atoms. The Morgan fingerprint density at radius 2 is 1.67 bits per heavy atom. The number of benzene rings is 2. The minimum Gasteiger partial charge on any atom is -0.497 e. The van der Waals surface area contributed by atoms with Crippen LogP contribution in [-0.2, 0) is 6.42 Å². The van der Waals surface area contributed by atoms with Crippen molar-refractivity contribution in [3.8, 4) is 17.1 Å². The Labute approximate surface area is 212 Å². The lowest BCUT2D eigenvalue weighted by molar-refractivity contribution is 0.313. The second-order valence-corrected chi connectivity index (χ2v) is 9.66. The molecule has 0 unspecified atom stereocenters. The number of piperazine rings is 1. The van der Waals surface area contributed by atoms with E-state index in [9.17, 15) is 0 Å². The second kappa shape index (κ2) is 10.5. The fraction of sp³-hybridized carbons (Fsp3) is 0.393. The van der Waals surface area contributed by atoms with Crippen LogP contribution in [0.3, 0.4) is 0 Å². The van der Waals surface area contributed by atoms with Gasteiger partial charge in [-0.1, -0.05) is 12.1 Å². The molecule has 4 aromatic rings. The molecule has 0 radical (unpaired) electrons. The Morgan fingerprint density at radius 3 is 2.33 bits per heavy atom. The van der Waals surface area contributed by atoms with Crippen LogP contribution in [0.1, 0.15) is 25.5 Å². The number of methoxy groups -OCH3 is 1. The Morgan fingerprint density at radius 1 is 0.944 bits per heavy atom. The molecule has 0 amide bonds. The molecule has 1 N–H and O–H groups in total. The normalized spacial score (nSPS) is 14.5. The molecule has 2 aromatic heterocycles. The smallest absolute Gasteiger partial charge is 0.166 e. The summed E-state index contributed by atoms with van der Waals surface area (Å²) in [7, 11) is 3.87. The highest BCUT2D eigenvalue weighted by atomic mass is 16.5. The number of hydrogen-bond acceptors (Lipinski definition) is 7. The number of hydrogen-bond donors (Lipinski definition) is 1. The van der Waals surface area contributed by atoms with Gasteiger partial charge in [0, 0.05) is 50.0 Å². The number of fused-ring (bicyclic) bond motifs is 1. The van der Waals surface area contributed by atoms with Gasteiger partial charge in [-0.05, 0) is 69.3 Å². The fourth-order valence-electron chi connectivity index (χ4n) is 4.73. The SMILES string of the molecule is COc1ccc(CCNc2ncnc3c2nc(-c2ccc(N4CCN(C)CC4)cc2)n3C(C)C)cc1. The van der Waals surface area contributed by atoms with E-state index in [0.29, 0.717) is 0 Å². The van der Waals surface area contributed by atoms with Gasteiger partial charge in [0.05, 0.1) is 7.11 Å². The Kier molecular flexibility index (Phi) is 7.04. The maximum atomic E-state index is 5.25. The lowest BCUT2D eigenvalue weighted by Gasteiger charge is -2.34.